The van der Waals surface area contributed by atoms with Gasteiger partial charge in [0.15, 0.2) is 0 Å². The Morgan fingerprint density at radius 2 is 1.66 bits per heavy atom. The van der Waals surface area contributed by atoms with E-state index in [-0.39, 0.29) is 17.2 Å². The summed E-state index contributed by atoms with van der Waals surface area (Å²) in [5.41, 5.74) is 0.240. The van der Waals surface area contributed by atoms with Crippen LogP contribution in [0.25, 0.3) is 0 Å². The second-order valence-electron chi connectivity index (χ2n) is 9.82. The van der Waals surface area contributed by atoms with Gasteiger partial charge in [0.05, 0.1) is 0 Å². The van der Waals surface area contributed by atoms with Gasteiger partial charge in [-0.3, -0.25) is 23.6 Å². The number of hydrogen-bond acceptors (Lipinski definition) is 5. The highest BCUT2D eigenvalue weighted by atomic mass is 16.5. The number of carbonyl (C=O) groups is 1. The third-order valence-corrected chi connectivity index (χ3v) is 7.84. The molecule has 3 saturated heterocycles. The Hall–Kier alpha value is -1.93. The van der Waals surface area contributed by atoms with E-state index in [2.05, 4.69) is 9.80 Å². The second-order valence-corrected chi connectivity index (χ2v) is 9.82. The predicted octanol–water partition coefficient (Wildman–Crippen LogP) is 1.49. The molecule has 0 aromatic carbocycles. The average molecular weight is 447 g/mol. The van der Waals surface area contributed by atoms with Crippen molar-refractivity contribution in [1.82, 2.24) is 18.9 Å². The van der Waals surface area contributed by atoms with Crippen LogP contribution < -0.4 is 11.2 Å². The minimum Gasteiger partial charge on any atom is -0.381 e. The maximum Gasteiger partial charge on any atom is 0.330 e. The molecule has 1 amide bonds. The van der Waals surface area contributed by atoms with Gasteiger partial charge in [0.2, 0.25) is 5.91 Å². The number of likely N-dealkylation sites (tertiary alicyclic amines) is 2. The third kappa shape index (κ3) is 5.01. The maximum atomic E-state index is 13.4. The summed E-state index contributed by atoms with van der Waals surface area (Å²) in [5.74, 6) is 1.02. The molecule has 1 atom stereocenters. The molecule has 1 aromatic rings. The quantitative estimate of drug-likeness (QED) is 0.701. The van der Waals surface area contributed by atoms with Crippen LogP contribution in [0.3, 0.4) is 0 Å². The van der Waals surface area contributed by atoms with Gasteiger partial charge in [-0.15, -0.1) is 0 Å². The molecule has 8 nitrogen and oxygen atoms in total. The van der Waals surface area contributed by atoms with E-state index in [1.165, 1.54) is 19.9 Å². The van der Waals surface area contributed by atoms with Gasteiger partial charge in [-0.25, -0.2) is 4.79 Å². The Bertz CT molecular complexity index is 910. The third-order valence-electron chi connectivity index (χ3n) is 7.84. The summed E-state index contributed by atoms with van der Waals surface area (Å²) in [5, 5.41) is 0. The van der Waals surface area contributed by atoms with Gasteiger partial charge in [-0.05, 0) is 57.5 Å². The number of hydrogen-bond donors (Lipinski definition) is 0. The first-order valence-corrected chi connectivity index (χ1v) is 12.3. The monoisotopic (exact) mass is 446 g/mol. The van der Waals surface area contributed by atoms with E-state index in [0.29, 0.717) is 37.6 Å². The zero-order chi connectivity index (χ0) is 22.7. The Kier molecular flexibility index (Phi) is 7.51. The molecule has 0 N–H and O–H groups in total. The molecule has 8 heteroatoms. The normalized spacial score (nSPS) is 24.4. The van der Waals surface area contributed by atoms with Crippen LogP contribution >= 0.6 is 0 Å². The van der Waals surface area contributed by atoms with Crippen molar-refractivity contribution < 1.29 is 9.53 Å². The van der Waals surface area contributed by atoms with Crippen LogP contribution in [0.1, 0.15) is 57.1 Å². The van der Waals surface area contributed by atoms with Crippen LogP contribution in [0, 0.1) is 11.8 Å². The molecule has 4 rings (SSSR count). The van der Waals surface area contributed by atoms with E-state index >= 15 is 0 Å². The summed E-state index contributed by atoms with van der Waals surface area (Å²) in [7, 11) is 3.25. The first-order valence-electron chi connectivity index (χ1n) is 12.3. The van der Waals surface area contributed by atoms with Crippen molar-refractivity contribution in [1.29, 1.82) is 0 Å². The molecule has 3 fully saturated rings. The molecule has 0 bridgehead atoms. The number of amides is 1. The molecule has 32 heavy (non-hydrogen) atoms. The van der Waals surface area contributed by atoms with Crippen LogP contribution in [0.4, 0.5) is 0 Å². The SMILES string of the molecule is Cn1c(CN2CCC(C3CCCCCN3C(=O)C3CCOCC3)CC2)cc(=O)n(C)c1=O. The van der Waals surface area contributed by atoms with Crippen LogP contribution in [0.5, 0.6) is 0 Å². The highest BCUT2D eigenvalue weighted by Crippen LogP contribution is 2.32. The van der Waals surface area contributed by atoms with Crippen molar-refractivity contribution in [2.24, 2.45) is 25.9 Å². The van der Waals surface area contributed by atoms with E-state index in [1.807, 2.05) is 0 Å². The van der Waals surface area contributed by atoms with Gasteiger partial charge in [0.25, 0.3) is 5.56 Å². The van der Waals surface area contributed by atoms with Gasteiger partial charge < -0.3 is 9.64 Å². The number of rotatable bonds is 4. The van der Waals surface area contributed by atoms with Crippen molar-refractivity contribution in [3.8, 4) is 0 Å². The zero-order valence-electron chi connectivity index (χ0n) is 19.6. The predicted molar refractivity (Wildman–Crippen MR) is 122 cm³/mol. The Morgan fingerprint density at radius 1 is 0.938 bits per heavy atom. The molecule has 4 heterocycles. The van der Waals surface area contributed by atoms with E-state index in [0.717, 1.165) is 68.4 Å². The van der Waals surface area contributed by atoms with Crippen LogP contribution in [0.2, 0.25) is 0 Å². The highest BCUT2D eigenvalue weighted by Gasteiger charge is 2.36. The number of nitrogens with zero attached hydrogens (tertiary/aromatic N) is 4. The lowest BCUT2D eigenvalue weighted by atomic mass is 9.85. The summed E-state index contributed by atoms with van der Waals surface area (Å²) < 4.78 is 8.20. The van der Waals surface area contributed by atoms with Crippen molar-refractivity contribution in [3.63, 3.8) is 0 Å². The Labute approximate surface area is 190 Å². The average Bonchev–Trinajstić information content (AvgIpc) is 3.08. The molecule has 0 saturated carbocycles. The minimum absolute atomic E-state index is 0.131. The van der Waals surface area contributed by atoms with Crippen LogP contribution in [0.15, 0.2) is 15.7 Å². The fourth-order valence-corrected chi connectivity index (χ4v) is 5.73. The number of ether oxygens (including phenoxy) is 1. The highest BCUT2D eigenvalue weighted by molar-refractivity contribution is 5.79. The molecule has 0 aliphatic carbocycles. The fraction of sp³-hybridized carbons (Fsp3) is 0.792. The lowest BCUT2D eigenvalue weighted by Crippen LogP contribution is -2.50. The van der Waals surface area contributed by atoms with Gasteiger partial charge in [-0.2, -0.15) is 0 Å². The fourth-order valence-electron chi connectivity index (χ4n) is 5.73. The lowest BCUT2D eigenvalue weighted by Gasteiger charge is -2.42. The van der Waals surface area contributed by atoms with Gasteiger partial charge in [0.1, 0.15) is 0 Å². The van der Waals surface area contributed by atoms with Crippen molar-refractivity contribution >= 4 is 5.91 Å². The molecule has 0 spiro atoms. The van der Waals surface area contributed by atoms with Crippen LogP contribution in [-0.4, -0.2) is 63.7 Å². The Balaban J connectivity index is 1.40. The van der Waals surface area contributed by atoms with Crippen molar-refractivity contribution in [2.45, 2.75) is 64.0 Å². The largest absolute Gasteiger partial charge is 0.381 e. The Morgan fingerprint density at radius 3 is 2.38 bits per heavy atom. The zero-order valence-corrected chi connectivity index (χ0v) is 19.6. The summed E-state index contributed by atoms with van der Waals surface area (Å²) in [6.07, 6.45) is 8.47. The molecular weight excluding hydrogens is 408 g/mol. The molecule has 0 radical (unpaired) electrons. The van der Waals surface area contributed by atoms with E-state index in [4.69, 9.17) is 4.74 Å². The molecule has 1 unspecified atom stereocenters. The van der Waals surface area contributed by atoms with Gasteiger partial charge >= 0.3 is 5.69 Å². The molecule has 178 valence electrons. The van der Waals surface area contributed by atoms with Crippen molar-refractivity contribution in [2.75, 3.05) is 32.8 Å². The maximum absolute atomic E-state index is 13.4. The van der Waals surface area contributed by atoms with Crippen LogP contribution in [-0.2, 0) is 30.2 Å². The van der Waals surface area contributed by atoms with Crippen molar-refractivity contribution in [3.05, 3.63) is 32.6 Å². The van der Waals surface area contributed by atoms with E-state index in [1.54, 1.807) is 17.7 Å². The summed E-state index contributed by atoms with van der Waals surface area (Å²) in [4.78, 5) is 42.3. The number of carbonyl (C=O) groups excluding carboxylic acids is 1. The summed E-state index contributed by atoms with van der Waals surface area (Å²) >= 11 is 0. The smallest absolute Gasteiger partial charge is 0.330 e. The first-order chi connectivity index (χ1) is 15.5. The summed E-state index contributed by atoms with van der Waals surface area (Å²) in [6.45, 7) is 4.80. The molecule has 1 aromatic heterocycles. The van der Waals surface area contributed by atoms with E-state index < -0.39 is 0 Å². The lowest BCUT2D eigenvalue weighted by molar-refractivity contribution is -0.142. The molecular formula is C24H38N4O4. The van der Waals surface area contributed by atoms with Gasteiger partial charge in [-0.1, -0.05) is 12.8 Å². The minimum atomic E-state index is -0.275. The van der Waals surface area contributed by atoms with Gasteiger partial charge in [0, 0.05) is 64.1 Å². The summed E-state index contributed by atoms with van der Waals surface area (Å²) in [6, 6.07) is 1.93. The second kappa shape index (κ2) is 10.3. The first kappa shape index (κ1) is 23.2. The molecule has 3 aliphatic heterocycles. The number of piperidine rings is 1. The van der Waals surface area contributed by atoms with E-state index in [9.17, 15) is 14.4 Å². The molecule has 3 aliphatic rings. The topological polar surface area (TPSA) is 76.8 Å². The number of aromatic nitrogens is 2. The standard InChI is InChI=1S/C24H38N4O4/c1-25-20(16-22(29)26(2)24(25)31)17-27-12-7-18(8-13-27)21-6-4-3-5-11-28(21)23(30)19-9-14-32-15-10-19/h16,18-19,21H,3-15,17H2,1-2H3.